The Labute approximate surface area is 99.2 Å². The molecular weight excluding hydrogens is 218 g/mol. The molecule has 1 N–H and O–H groups in total. The molecule has 4 heteroatoms. The lowest BCUT2D eigenvalue weighted by atomic mass is 10.1. The van der Waals surface area contributed by atoms with E-state index in [1.54, 1.807) is 18.0 Å². The number of aliphatic carboxylic acids is 1. The number of allylic oxidation sites excluding steroid dienone is 1. The van der Waals surface area contributed by atoms with Crippen molar-refractivity contribution in [1.82, 2.24) is 0 Å². The molecule has 1 amide bonds. The lowest BCUT2D eigenvalue weighted by Crippen LogP contribution is -2.20. The van der Waals surface area contributed by atoms with Gasteiger partial charge in [0, 0.05) is 18.8 Å². The largest absolute Gasteiger partial charge is 0.478 e. The first-order valence-electron chi connectivity index (χ1n) is 5.36. The maximum atomic E-state index is 11.5. The number of carboxylic acid groups (broad SMARTS) is 1. The molecule has 0 fully saturated rings. The van der Waals surface area contributed by atoms with Gasteiger partial charge in [0.1, 0.15) is 0 Å². The molecule has 88 valence electrons. The van der Waals surface area contributed by atoms with Gasteiger partial charge in [-0.15, -0.1) is 0 Å². The smallest absolute Gasteiger partial charge is 0.327 e. The van der Waals surface area contributed by atoms with Crippen molar-refractivity contribution in [3.05, 3.63) is 41.5 Å². The standard InChI is InChI=1S/C13H13NO3/c1-14-11-6-5-9(3-2-4-13(16)17)7-10(11)8-12(14)15/h2,4-7H,3,8H2,1H3,(H,16,17)/b4-2+. The van der Waals surface area contributed by atoms with Crippen LogP contribution >= 0.6 is 0 Å². The number of hydrogen-bond acceptors (Lipinski definition) is 2. The van der Waals surface area contributed by atoms with Crippen LogP contribution in [-0.4, -0.2) is 24.0 Å². The van der Waals surface area contributed by atoms with Crippen molar-refractivity contribution < 1.29 is 14.7 Å². The number of amides is 1. The number of hydrogen-bond donors (Lipinski definition) is 1. The number of carbonyl (C=O) groups is 2. The summed E-state index contributed by atoms with van der Waals surface area (Å²) in [7, 11) is 1.76. The van der Waals surface area contributed by atoms with Gasteiger partial charge in [-0.2, -0.15) is 0 Å². The van der Waals surface area contributed by atoms with Crippen LogP contribution in [0.5, 0.6) is 0 Å². The van der Waals surface area contributed by atoms with Gasteiger partial charge < -0.3 is 10.0 Å². The molecule has 0 saturated heterocycles. The molecule has 0 atom stereocenters. The highest BCUT2D eigenvalue weighted by molar-refractivity contribution is 6.00. The second-order valence-electron chi connectivity index (χ2n) is 4.04. The summed E-state index contributed by atoms with van der Waals surface area (Å²) < 4.78 is 0. The van der Waals surface area contributed by atoms with E-state index in [4.69, 9.17) is 5.11 Å². The van der Waals surface area contributed by atoms with E-state index in [0.29, 0.717) is 12.8 Å². The summed E-state index contributed by atoms with van der Waals surface area (Å²) in [6.07, 6.45) is 3.73. The van der Waals surface area contributed by atoms with Gasteiger partial charge in [0.25, 0.3) is 0 Å². The highest BCUT2D eigenvalue weighted by atomic mass is 16.4. The van der Waals surface area contributed by atoms with Gasteiger partial charge in [-0.3, -0.25) is 4.79 Å². The number of carboxylic acids is 1. The molecule has 17 heavy (non-hydrogen) atoms. The molecule has 0 aromatic heterocycles. The van der Waals surface area contributed by atoms with Crippen LogP contribution in [0.2, 0.25) is 0 Å². The zero-order valence-electron chi connectivity index (χ0n) is 9.51. The number of fused-ring (bicyclic) bond motifs is 1. The van der Waals surface area contributed by atoms with Crippen molar-refractivity contribution in [2.45, 2.75) is 12.8 Å². The van der Waals surface area contributed by atoms with Crippen molar-refractivity contribution in [2.75, 3.05) is 11.9 Å². The second kappa shape index (κ2) is 4.41. The van der Waals surface area contributed by atoms with Gasteiger partial charge in [-0.25, -0.2) is 4.79 Å². The summed E-state index contributed by atoms with van der Waals surface area (Å²) in [5, 5.41) is 8.48. The Hall–Kier alpha value is -2.10. The topological polar surface area (TPSA) is 57.6 Å². The first kappa shape index (κ1) is 11.4. The lowest BCUT2D eigenvalue weighted by molar-refractivity contribution is -0.131. The predicted octanol–water partition coefficient (Wildman–Crippen LogP) is 1.39. The predicted molar refractivity (Wildman–Crippen MR) is 64.0 cm³/mol. The molecule has 0 aliphatic carbocycles. The van der Waals surface area contributed by atoms with E-state index in [2.05, 4.69) is 0 Å². The normalized spacial score (nSPS) is 14.4. The molecule has 2 rings (SSSR count). The van der Waals surface area contributed by atoms with E-state index in [0.717, 1.165) is 22.9 Å². The maximum absolute atomic E-state index is 11.5. The first-order chi connectivity index (χ1) is 8.08. The molecule has 0 spiro atoms. The Bertz CT molecular complexity index is 505. The molecular formula is C13H13NO3. The third-order valence-electron chi connectivity index (χ3n) is 2.84. The summed E-state index contributed by atoms with van der Waals surface area (Å²) in [6.45, 7) is 0. The molecule has 0 saturated carbocycles. The molecule has 1 aliphatic heterocycles. The van der Waals surface area contributed by atoms with Crippen LogP contribution in [0.3, 0.4) is 0 Å². The van der Waals surface area contributed by atoms with Gasteiger partial charge in [0.2, 0.25) is 5.91 Å². The van der Waals surface area contributed by atoms with Crippen LogP contribution in [0.4, 0.5) is 5.69 Å². The summed E-state index contributed by atoms with van der Waals surface area (Å²) in [5.41, 5.74) is 2.98. The Kier molecular flexibility index (Phi) is 2.95. The van der Waals surface area contributed by atoms with Crippen molar-refractivity contribution in [3.8, 4) is 0 Å². The van der Waals surface area contributed by atoms with Gasteiger partial charge in [0.05, 0.1) is 6.42 Å². The van der Waals surface area contributed by atoms with E-state index >= 15 is 0 Å². The van der Waals surface area contributed by atoms with Gasteiger partial charge >= 0.3 is 5.97 Å². The third-order valence-corrected chi connectivity index (χ3v) is 2.84. The highest BCUT2D eigenvalue weighted by Crippen LogP contribution is 2.28. The first-order valence-corrected chi connectivity index (χ1v) is 5.36. The minimum absolute atomic E-state index is 0.0956. The Morgan fingerprint density at radius 2 is 2.29 bits per heavy atom. The van der Waals surface area contributed by atoms with Crippen molar-refractivity contribution >= 4 is 17.6 Å². The van der Waals surface area contributed by atoms with Crippen LogP contribution < -0.4 is 4.90 Å². The van der Waals surface area contributed by atoms with Crippen molar-refractivity contribution in [1.29, 1.82) is 0 Å². The van der Waals surface area contributed by atoms with Crippen LogP contribution in [0.1, 0.15) is 11.1 Å². The van der Waals surface area contributed by atoms with E-state index in [1.165, 1.54) is 0 Å². The molecule has 1 aromatic carbocycles. The lowest BCUT2D eigenvalue weighted by Gasteiger charge is -2.09. The number of likely N-dealkylation sites (N-methyl/N-ethyl adjacent to an activating group) is 1. The van der Waals surface area contributed by atoms with Crippen LogP contribution in [0, 0.1) is 0 Å². The van der Waals surface area contributed by atoms with Crippen molar-refractivity contribution in [3.63, 3.8) is 0 Å². The highest BCUT2D eigenvalue weighted by Gasteiger charge is 2.23. The Balaban J connectivity index is 2.16. The SMILES string of the molecule is CN1C(=O)Cc2cc(C/C=C/C(=O)O)ccc21. The van der Waals surface area contributed by atoms with E-state index in [1.807, 2.05) is 18.2 Å². The number of rotatable bonds is 3. The Morgan fingerprint density at radius 1 is 1.53 bits per heavy atom. The summed E-state index contributed by atoms with van der Waals surface area (Å²) in [5.74, 6) is -0.848. The zero-order chi connectivity index (χ0) is 12.4. The minimum Gasteiger partial charge on any atom is -0.478 e. The van der Waals surface area contributed by atoms with Crippen LogP contribution in [0.25, 0.3) is 0 Å². The van der Waals surface area contributed by atoms with Gasteiger partial charge in [-0.05, 0) is 23.6 Å². The van der Waals surface area contributed by atoms with Crippen LogP contribution in [-0.2, 0) is 22.4 Å². The number of benzene rings is 1. The fourth-order valence-electron chi connectivity index (χ4n) is 1.95. The molecule has 0 unspecified atom stereocenters. The third kappa shape index (κ3) is 2.36. The average molecular weight is 231 g/mol. The average Bonchev–Trinajstić information content (AvgIpc) is 2.54. The van der Waals surface area contributed by atoms with E-state index < -0.39 is 5.97 Å². The minimum atomic E-state index is -0.943. The zero-order valence-corrected chi connectivity index (χ0v) is 9.51. The summed E-state index contributed by atoms with van der Waals surface area (Å²) in [6, 6.07) is 5.78. The quantitative estimate of drug-likeness (QED) is 0.800. The number of nitrogens with zero attached hydrogens (tertiary/aromatic N) is 1. The second-order valence-corrected chi connectivity index (χ2v) is 4.04. The monoisotopic (exact) mass is 231 g/mol. The fourth-order valence-corrected chi connectivity index (χ4v) is 1.95. The maximum Gasteiger partial charge on any atom is 0.327 e. The molecule has 1 heterocycles. The van der Waals surface area contributed by atoms with Crippen LogP contribution in [0.15, 0.2) is 30.4 Å². The summed E-state index contributed by atoms with van der Waals surface area (Å²) >= 11 is 0. The van der Waals surface area contributed by atoms with Gasteiger partial charge in [0.15, 0.2) is 0 Å². The number of carbonyl (C=O) groups excluding carboxylic acids is 1. The molecule has 4 nitrogen and oxygen atoms in total. The summed E-state index contributed by atoms with van der Waals surface area (Å²) in [4.78, 5) is 23.4. The van der Waals surface area contributed by atoms with E-state index in [9.17, 15) is 9.59 Å². The van der Waals surface area contributed by atoms with Gasteiger partial charge in [-0.1, -0.05) is 18.2 Å². The molecule has 0 radical (unpaired) electrons. The molecule has 1 aliphatic rings. The van der Waals surface area contributed by atoms with Crippen molar-refractivity contribution in [2.24, 2.45) is 0 Å². The number of anilines is 1. The fraction of sp³-hybridized carbons (Fsp3) is 0.231. The molecule has 1 aromatic rings. The Morgan fingerprint density at radius 3 is 3.00 bits per heavy atom. The molecule has 0 bridgehead atoms. The van der Waals surface area contributed by atoms with E-state index in [-0.39, 0.29) is 5.91 Å².